The SMILES string of the molecule is NC(=O)c1nn(-c2ccccc2)cc1NC(=O)c1cccc([N+](=O)[O-])c1. The molecule has 0 fully saturated rings. The lowest BCUT2D eigenvalue weighted by Gasteiger charge is -2.04. The number of carbonyl (C=O) groups is 2. The van der Waals surface area contributed by atoms with Crippen LogP contribution < -0.4 is 11.1 Å². The van der Waals surface area contributed by atoms with Crippen LogP contribution in [0, 0.1) is 10.1 Å². The summed E-state index contributed by atoms with van der Waals surface area (Å²) in [4.78, 5) is 34.3. The van der Waals surface area contributed by atoms with Crippen molar-refractivity contribution in [2.75, 3.05) is 5.32 Å². The third-order valence-electron chi connectivity index (χ3n) is 3.54. The maximum Gasteiger partial charge on any atom is 0.271 e. The second kappa shape index (κ2) is 6.85. The zero-order chi connectivity index (χ0) is 18.7. The molecule has 3 aromatic rings. The highest BCUT2D eigenvalue weighted by molar-refractivity contribution is 6.08. The molecule has 1 heterocycles. The van der Waals surface area contributed by atoms with Gasteiger partial charge in [-0.2, -0.15) is 5.10 Å². The largest absolute Gasteiger partial charge is 0.364 e. The molecule has 2 aromatic carbocycles. The van der Waals surface area contributed by atoms with E-state index in [1.807, 2.05) is 6.07 Å². The van der Waals surface area contributed by atoms with Crippen molar-refractivity contribution in [3.05, 3.63) is 82.2 Å². The number of non-ortho nitro benzene ring substituents is 1. The third kappa shape index (κ3) is 3.41. The number of nitrogens with one attached hydrogen (secondary N) is 1. The van der Waals surface area contributed by atoms with Crippen molar-refractivity contribution in [2.24, 2.45) is 5.73 Å². The molecule has 0 saturated carbocycles. The summed E-state index contributed by atoms with van der Waals surface area (Å²) in [5.41, 5.74) is 5.85. The lowest BCUT2D eigenvalue weighted by atomic mass is 10.2. The fourth-order valence-corrected chi connectivity index (χ4v) is 2.32. The third-order valence-corrected chi connectivity index (χ3v) is 3.54. The van der Waals surface area contributed by atoms with E-state index in [2.05, 4.69) is 10.4 Å². The van der Waals surface area contributed by atoms with Crippen molar-refractivity contribution >= 4 is 23.2 Å². The number of hydrogen-bond donors (Lipinski definition) is 2. The van der Waals surface area contributed by atoms with E-state index in [9.17, 15) is 19.7 Å². The van der Waals surface area contributed by atoms with Crippen LogP contribution >= 0.6 is 0 Å². The van der Waals surface area contributed by atoms with Gasteiger partial charge in [-0.25, -0.2) is 4.68 Å². The Labute approximate surface area is 147 Å². The highest BCUT2D eigenvalue weighted by atomic mass is 16.6. The Morgan fingerprint density at radius 3 is 2.50 bits per heavy atom. The molecule has 3 N–H and O–H groups in total. The Kier molecular flexibility index (Phi) is 4.44. The number of nitro benzene ring substituents is 1. The highest BCUT2D eigenvalue weighted by Crippen LogP contribution is 2.19. The second-order valence-electron chi connectivity index (χ2n) is 5.30. The molecule has 0 radical (unpaired) electrons. The van der Waals surface area contributed by atoms with Crippen LogP contribution in [0.3, 0.4) is 0 Å². The van der Waals surface area contributed by atoms with E-state index in [1.54, 1.807) is 24.3 Å². The predicted molar refractivity (Wildman–Crippen MR) is 93.1 cm³/mol. The molecule has 0 saturated heterocycles. The van der Waals surface area contributed by atoms with E-state index in [1.165, 1.54) is 29.1 Å². The van der Waals surface area contributed by atoms with Crippen molar-refractivity contribution < 1.29 is 14.5 Å². The summed E-state index contributed by atoms with van der Waals surface area (Å²) in [5, 5.41) is 17.4. The quantitative estimate of drug-likeness (QED) is 0.536. The molecule has 3 rings (SSSR count). The van der Waals surface area contributed by atoms with Gasteiger partial charge in [-0.3, -0.25) is 19.7 Å². The van der Waals surface area contributed by atoms with Gasteiger partial charge in [0.2, 0.25) is 0 Å². The molecule has 0 aliphatic rings. The average molecular weight is 351 g/mol. The number of rotatable bonds is 5. The molecular weight excluding hydrogens is 338 g/mol. The number of nitrogens with zero attached hydrogens (tertiary/aromatic N) is 3. The molecule has 0 bridgehead atoms. The summed E-state index contributed by atoms with van der Waals surface area (Å²) < 4.78 is 1.41. The van der Waals surface area contributed by atoms with Gasteiger partial charge in [-0.05, 0) is 18.2 Å². The number of amides is 2. The number of primary amides is 1. The topological polar surface area (TPSA) is 133 Å². The van der Waals surface area contributed by atoms with E-state index >= 15 is 0 Å². The average Bonchev–Trinajstić information content (AvgIpc) is 3.06. The predicted octanol–water partition coefficient (Wildman–Crippen LogP) is 2.13. The molecule has 130 valence electrons. The summed E-state index contributed by atoms with van der Waals surface area (Å²) in [6, 6.07) is 14.2. The van der Waals surface area contributed by atoms with Gasteiger partial charge >= 0.3 is 0 Å². The first-order chi connectivity index (χ1) is 12.5. The maximum atomic E-state index is 12.4. The molecule has 2 amide bonds. The van der Waals surface area contributed by atoms with E-state index in [-0.39, 0.29) is 22.6 Å². The summed E-state index contributed by atoms with van der Waals surface area (Å²) in [5.74, 6) is -1.43. The van der Waals surface area contributed by atoms with Gasteiger partial charge in [0.15, 0.2) is 5.69 Å². The van der Waals surface area contributed by atoms with E-state index in [0.29, 0.717) is 5.69 Å². The van der Waals surface area contributed by atoms with Gasteiger partial charge in [-0.15, -0.1) is 0 Å². The molecule has 0 aliphatic heterocycles. The summed E-state index contributed by atoms with van der Waals surface area (Å²) in [6.07, 6.45) is 1.45. The standard InChI is InChI=1S/C17H13N5O4/c18-16(23)15-14(10-21(20-15)12-6-2-1-3-7-12)19-17(24)11-5-4-8-13(9-11)22(25)26/h1-10H,(H2,18,23)(H,19,24). The minimum atomic E-state index is -0.811. The minimum Gasteiger partial charge on any atom is -0.364 e. The number of nitrogens with two attached hydrogens (primary N) is 1. The molecule has 0 aliphatic carbocycles. The van der Waals surface area contributed by atoms with Gasteiger partial charge < -0.3 is 11.1 Å². The molecule has 1 aromatic heterocycles. The zero-order valence-electron chi connectivity index (χ0n) is 13.3. The summed E-state index contributed by atoms with van der Waals surface area (Å²) in [7, 11) is 0. The second-order valence-corrected chi connectivity index (χ2v) is 5.30. The van der Waals surface area contributed by atoms with Crippen LogP contribution in [0.2, 0.25) is 0 Å². The van der Waals surface area contributed by atoms with Crippen molar-refractivity contribution in [3.63, 3.8) is 0 Å². The summed E-state index contributed by atoms with van der Waals surface area (Å²) >= 11 is 0. The fraction of sp³-hybridized carbons (Fsp3) is 0. The van der Waals surface area contributed by atoms with Crippen LogP contribution in [-0.2, 0) is 0 Å². The van der Waals surface area contributed by atoms with Crippen LogP contribution in [0.4, 0.5) is 11.4 Å². The Bertz CT molecular complexity index is 997. The molecular formula is C17H13N5O4. The Balaban J connectivity index is 1.93. The summed E-state index contributed by atoms with van der Waals surface area (Å²) in [6.45, 7) is 0. The van der Waals surface area contributed by atoms with Crippen LogP contribution in [0.1, 0.15) is 20.8 Å². The van der Waals surface area contributed by atoms with E-state index in [4.69, 9.17) is 5.73 Å². The molecule has 0 unspecified atom stereocenters. The van der Waals surface area contributed by atoms with E-state index < -0.39 is 16.7 Å². The van der Waals surface area contributed by atoms with E-state index in [0.717, 1.165) is 6.07 Å². The normalized spacial score (nSPS) is 10.3. The first-order valence-electron chi connectivity index (χ1n) is 7.46. The highest BCUT2D eigenvalue weighted by Gasteiger charge is 2.19. The number of carbonyl (C=O) groups excluding carboxylic acids is 2. The van der Waals surface area contributed by atoms with Crippen LogP contribution in [0.15, 0.2) is 60.8 Å². The van der Waals surface area contributed by atoms with Crippen molar-refractivity contribution in [3.8, 4) is 5.69 Å². The number of para-hydroxylation sites is 1. The number of benzene rings is 2. The van der Waals surface area contributed by atoms with Crippen molar-refractivity contribution in [1.82, 2.24) is 9.78 Å². The Hall–Kier alpha value is -4.01. The first kappa shape index (κ1) is 16.8. The van der Waals surface area contributed by atoms with Gasteiger partial charge in [0.05, 0.1) is 22.5 Å². The molecule has 9 nitrogen and oxygen atoms in total. The van der Waals surface area contributed by atoms with Crippen molar-refractivity contribution in [1.29, 1.82) is 0 Å². The molecule has 0 atom stereocenters. The maximum absolute atomic E-state index is 12.4. The van der Waals surface area contributed by atoms with Crippen LogP contribution in [0.25, 0.3) is 5.69 Å². The first-order valence-corrected chi connectivity index (χ1v) is 7.46. The Morgan fingerprint density at radius 1 is 1.12 bits per heavy atom. The monoisotopic (exact) mass is 351 g/mol. The smallest absolute Gasteiger partial charge is 0.271 e. The molecule has 9 heteroatoms. The zero-order valence-corrected chi connectivity index (χ0v) is 13.3. The van der Waals surface area contributed by atoms with Gasteiger partial charge in [0.25, 0.3) is 17.5 Å². The molecule has 0 spiro atoms. The fourth-order valence-electron chi connectivity index (χ4n) is 2.32. The van der Waals surface area contributed by atoms with Crippen LogP contribution in [0.5, 0.6) is 0 Å². The number of anilines is 1. The Morgan fingerprint density at radius 2 is 1.85 bits per heavy atom. The van der Waals surface area contributed by atoms with Gasteiger partial charge in [-0.1, -0.05) is 24.3 Å². The lowest BCUT2D eigenvalue weighted by molar-refractivity contribution is -0.384. The number of nitro groups is 1. The van der Waals surface area contributed by atoms with Crippen molar-refractivity contribution in [2.45, 2.75) is 0 Å². The van der Waals surface area contributed by atoms with Gasteiger partial charge in [0, 0.05) is 17.7 Å². The molecule has 26 heavy (non-hydrogen) atoms. The van der Waals surface area contributed by atoms with Gasteiger partial charge in [0.1, 0.15) is 0 Å². The van der Waals surface area contributed by atoms with Crippen LogP contribution in [-0.4, -0.2) is 26.5 Å². The number of aromatic nitrogens is 2. The lowest BCUT2D eigenvalue weighted by Crippen LogP contribution is -2.18. The number of hydrogen-bond acceptors (Lipinski definition) is 5. The minimum absolute atomic E-state index is 0.0714.